The molecule has 0 unspecified atom stereocenters. The number of hydrogen-bond acceptors (Lipinski definition) is 4. The number of hydrogen-bond donors (Lipinski definition) is 0. The fourth-order valence-electron chi connectivity index (χ4n) is 1.19. The van der Waals surface area contributed by atoms with E-state index in [9.17, 15) is 4.79 Å². The minimum Gasteiger partial charge on any atom is -0.401 e. The molecule has 2 rings (SSSR count). The molecule has 5 heteroatoms. The van der Waals surface area contributed by atoms with Gasteiger partial charge in [-0.3, -0.25) is 0 Å². The maximum Gasteiger partial charge on any atom is 0.410 e. The van der Waals surface area contributed by atoms with E-state index >= 15 is 0 Å². The molecule has 13 heavy (non-hydrogen) atoms. The molecule has 1 saturated carbocycles. The smallest absolute Gasteiger partial charge is 0.401 e. The highest BCUT2D eigenvalue weighted by molar-refractivity contribution is 7.13. The van der Waals surface area contributed by atoms with Gasteiger partial charge in [0.1, 0.15) is 0 Å². The van der Waals surface area contributed by atoms with Gasteiger partial charge in [0.2, 0.25) is 5.06 Å². The van der Waals surface area contributed by atoms with E-state index in [1.807, 2.05) is 6.92 Å². The molecular formula is C8H8ClNO2S. The van der Waals surface area contributed by atoms with E-state index in [4.69, 9.17) is 16.3 Å². The molecule has 0 spiro atoms. The molecule has 1 aliphatic carbocycles. The fraction of sp³-hybridized carbons (Fsp3) is 0.500. The van der Waals surface area contributed by atoms with Crippen LogP contribution < -0.4 is 4.74 Å². The van der Waals surface area contributed by atoms with Crippen LogP contribution in [0.15, 0.2) is 0 Å². The van der Waals surface area contributed by atoms with Gasteiger partial charge >= 0.3 is 5.43 Å². The molecule has 70 valence electrons. The minimum absolute atomic E-state index is 0.482. The van der Waals surface area contributed by atoms with Crippen molar-refractivity contribution in [3.63, 3.8) is 0 Å². The molecule has 0 saturated heterocycles. The van der Waals surface area contributed by atoms with Gasteiger partial charge in [0.25, 0.3) is 0 Å². The van der Waals surface area contributed by atoms with Crippen LogP contribution >= 0.6 is 22.9 Å². The van der Waals surface area contributed by atoms with Crippen molar-refractivity contribution in [3.8, 4) is 5.06 Å². The van der Waals surface area contributed by atoms with Gasteiger partial charge in [-0.1, -0.05) is 11.3 Å². The highest BCUT2D eigenvalue weighted by Crippen LogP contribution is 2.46. The Morgan fingerprint density at radius 3 is 2.92 bits per heavy atom. The molecule has 0 aromatic carbocycles. The Bertz CT molecular complexity index is 346. The van der Waals surface area contributed by atoms with Crippen LogP contribution in [0.25, 0.3) is 0 Å². The highest BCUT2D eigenvalue weighted by Gasteiger charge is 2.30. The van der Waals surface area contributed by atoms with E-state index in [0.717, 1.165) is 23.5 Å². The summed E-state index contributed by atoms with van der Waals surface area (Å²) in [6, 6.07) is 0. The van der Waals surface area contributed by atoms with E-state index in [2.05, 4.69) is 4.98 Å². The summed E-state index contributed by atoms with van der Waals surface area (Å²) in [6.07, 6.45) is 2.27. The zero-order chi connectivity index (χ0) is 9.42. The molecule has 3 nitrogen and oxygen atoms in total. The summed E-state index contributed by atoms with van der Waals surface area (Å²) in [5.41, 5.74) is 0.113. The molecule has 0 N–H and O–H groups in total. The van der Waals surface area contributed by atoms with Gasteiger partial charge in [0.15, 0.2) is 0 Å². The molecule has 0 atom stereocenters. The van der Waals surface area contributed by atoms with E-state index in [-0.39, 0.29) is 0 Å². The van der Waals surface area contributed by atoms with Crippen molar-refractivity contribution >= 4 is 28.4 Å². The van der Waals surface area contributed by atoms with Crippen molar-refractivity contribution < 1.29 is 9.53 Å². The topological polar surface area (TPSA) is 39.2 Å². The largest absolute Gasteiger partial charge is 0.410 e. The zero-order valence-electron chi connectivity index (χ0n) is 7.04. The first kappa shape index (κ1) is 8.97. The lowest BCUT2D eigenvalue weighted by Crippen LogP contribution is -1.96. The minimum atomic E-state index is -0.787. The Morgan fingerprint density at radius 2 is 2.38 bits per heavy atom. The van der Waals surface area contributed by atoms with E-state index in [1.165, 1.54) is 11.3 Å². The predicted molar refractivity (Wildman–Crippen MR) is 50.7 cm³/mol. The molecule has 0 amide bonds. The van der Waals surface area contributed by atoms with Crippen LogP contribution in [0.2, 0.25) is 0 Å². The Labute approximate surface area is 84.7 Å². The fourth-order valence-corrected chi connectivity index (χ4v) is 2.15. The van der Waals surface area contributed by atoms with Crippen LogP contribution in [-0.4, -0.2) is 10.4 Å². The van der Waals surface area contributed by atoms with Gasteiger partial charge in [-0.15, -0.1) is 0 Å². The number of thiazole rings is 1. The molecule has 1 aromatic heterocycles. The average Bonchev–Trinajstić information content (AvgIpc) is 2.77. The number of aromatic nitrogens is 1. The van der Waals surface area contributed by atoms with Gasteiger partial charge in [-0.05, 0) is 19.8 Å². The highest BCUT2D eigenvalue weighted by atomic mass is 35.5. The first-order chi connectivity index (χ1) is 6.16. The van der Waals surface area contributed by atoms with Crippen molar-refractivity contribution in [1.29, 1.82) is 0 Å². The van der Waals surface area contributed by atoms with Crippen LogP contribution in [0.1, 0.15) is 29.5 Å². The van der Waals surface area contributed by atoms with Crippen molar-refractivity contribution in [2.24, 2.45) is 0 Å². The molecule has 0 bridgehead atoms. The molecule has 1 fully saturated rings. The number of nitrogens with zero attached hydrogens (tertiary/aromatic N) is 1. The molecular weight excluding hydrogens is 210 g/mol. The standard InChI is InChI=1S/C8H8ClNO2S/c1-4-10-6(5-2-3-5)7(13-4)12-8(9)11/h5H,2-3H2,1H3. The van der Waals surface area contributed by atoms with Gasteiger partial charge < -0.3 is 4.74 Å². The number of halogens is 1. The first-order valence-corrected chi connectivity index (χ1v) is 5.21. The van der Waals surface area contributed by atoms with Crippen molar-refractivity contribution in [3.05, 3.63) is 10.7 Å². The number of carbonyl (C=O) groups excluding carboxylic acids is 1. The van der Waals surface area contributed by atoms with Crippen LogP contribution in [0.5, 0.6) is 5.06 Å². The van der Waals surface area contributed by atoms with Crippen molar-refractivity contribution in [2.45, 2.75) is 25.7 Å². The predicted octanol–water partition coefficient (Wildman–Crippen LogP) is 3.07. The lowest BCUT2D eigenvalue weighted by atomic mass is 10.3. The summed E-state index contributed by atoms with van der Waals surface area (Å²) < 4.78 is 4.85. The van der Waals surface area contributed by atoms with Gasteiger partial charge in [0.05, 0.1) is 10.7 Å². The summed E-state index contributed by atoms with van der Waals surface area (Å²) in [5, 5.41) is 1.48. The maximum atomic E-state index is 10.5. The second-order valence-corrected chi connectivity index (χ2v) is 4.49. The number of aryl methyl sites for hydroxylation is 1. The Morgan fingerprint density at radius 1 is 1.69 bits per heavy atom. The van der Waals surface area contributed by atoms with Gasteiger partial charge in [-0.25, -0.2) is 9.78 Å². The van der Waals surface area contributed by atoms with Crippen molar-refractivity contribution in [2.75, 3.05) is 0 Å². The lowest BCUT2D eigenvalue weighted by Gasteiger charge is -1.96. The molecule has 1 aromatic rings. The second kappa shape index (κ2) is 3.27. The van der Waals surface area contributed by atoms with Gasteiger partial charge in [-0.2, -0.15) is 0 Å². The first-order valence-electron chi connectivity index (χ1n) is 4.01. The summed E-state index contributed by atoms with van der Waals surface area (Å²) in [6.45, 7) is 1.89. The van der Waals surface area contributed by atoms with Crippen LogP contribution in [-0.2, 0) is 0 Å². The maximum absolute atomic E-state index is 10.5. The van der Waals surface area contributed by atoms with E-state index in [0.29, 0.717) is 11.0 Å². The van der Waals surface area contributed by atoms with Crippen LogP contribution in [0.3, 0.4) is 0 Å². The van der Waals surface area contributed by atoms with Gasteiger partial charge in [0, 0.05) is 17.5 Å². The molecule has 0 radical (unpaired) electrons. The lowest BCUT2D eigenvalue weighted by molar-refractivity contribution is 0.226. The van der Waals surface area contributed by atoms with Crippen molar-refractivity contribution in [1.82, 2.24) is 4.98 Å². The Balaban J connectivity index is 2.25. The summed E-state index contributed by atoms with van der Waals surface area (Å²) in [4.78, 5) is 14.8. The second-order valence-electron chi connectivity index (χ2n) is 3.02. The summed E-state index contributed by atoms with van der Waals surface area (Å²) in [7, 11) is 0. The monoisotopic (exact) mass is 217 g/mol. The van der Waals surface area contributed by atoms with E-state index < -0.39 is 5.43 Å². The number of rotatable bonds is 2. The average molecular weight is 218 g/mol. The zero-order valence-corrected chi connectivity index (χ0v) is 8.61. The molecule has 1 heterocycles. The third-order valence-corrected chi connectivity index (χ3v) is 2.81. The van der Waals surface area contributed by atoms with Crippen LogP contribution in [0.4, 0.5) is 4.79 Å². The van der Waals surface area contributed by atoms with Crippen LogP contribution in [0, 0.1) is 6.92 Å². The third-order valence-electron chi connectivity index (χ3n) is 1.86. The Kier molecular flexibility index (Phi) is 2.26. The molecule has 0 aliphatic heterocycles. The van der Waals surface area contributed by atoms with E-state index in [1.54, 1.807) is 0 Å². The Hall–Kier alpha value is -0.610. The SMILES string of the molecule is Cc1nc(C2CC2)c(OC(=O)Cl)s1. The molecule has 1 aliphatic rings. The quantitative estimate of drug-likeness (QED) is 0.715. The summed E-state index contributed by atoms with van der Waals surface area (Å²) in [5.74, 6) is 0.482. The normalized spacial score (nSPS) is 15.8. The number of ether oxygens (including phenoxy) is 1. The number of carbonyl (C=O) groups is 1. The summed E-state index contributed by atoms with van der Waals surface area (Å²) >= 11 is 6.51. The third kappa shape index (κ3) is 2.00.